The minimum absolute atomic E-state index is 1.29. The normalized spacial score (nSPS) is 16.3. The van der Waals surface area contributed by atoms with Gasteiger partial charge in [0.15, 0.2) is 10.0 Å². The molecule has 0 saturated carbocycles. The summed E-state index contributed by atoms with van der Waals surface area (Å²) in [5.74, 6) is 0. The zero-order valence-electron chi connectivity index (χ0n) is 6.57. The van der Waals surface area contributed by atoms with E-state index in [0.717, 1.165) is 0 Å². The second-order valence-corrected chi connectivity index (χ2v) is 5.63. The summed E-state index contributed by atoms with van der Waals surface area (Å²) in [6, 6.07) is 0. The van der Waals surface area contributed by atoms with Gasteiger partial charge in [-0.05, 0) is 0 Å². The van der Waals surface area contributed by atoms with Crippen LogP contribution >= 0.6 is 0 Å². The molecule has 15 heavy (non-hydrogen) atoms. The molecule has 0 aromatic heterocycles. The summed E-state index contributed by atoms with van der Waals surface area (Å²) in [6.07, 6.45) is 0. The lowest BCUT2D eigenvalue weighted by molar-refractivity contribution is -0.0425. The van der Waals surface area contributed by atoms with Crippen LogP contribution in [0.1, 0.15) is 0 Å². The van der Waals surface area contributed by atoms with Gasteiger partial charge in [0.25, 0.3) is 0 Å². The lowest BCUT2D eigenvalue weighted by Gasteiger charge is -2.22. The van der Waals surface area contributed by atoms with Gasteiger partial charge in [-0.1, -0.05) is 0 Å². The fourth-order valence-corrected chi connectivity index (χ4v) is 2.27. The van der Waals surface area contributed by atoms with Crippen LogP contribution in [0.2, 0.25) is 0 Å². The standard InChI is InChI=1S/C3H3F5NO4S2/c4-1-2(5)14(10,11)9-15(12,13)3(6,7)8/h2H,1H2/q-1. The van der Waals surface area contributed by atoms with Crippen molar-refractivity contribution in [2.75, 3.05) is 6.67 Å². The summed E-state index contributed by atoms with van der Waals surface area (Å²) in [4.78, 5) is 0. The molecule has 12 heteroatoms. The number of nitrogens with zero attached hydrogens (tertiary/aromatic N) is 1. The third-order valence-electron chi connectivity index (χ3n) is 0.939. The molecule has 0 heterocycles. The smallest absolute Gasteiger partial charge is 0.426 e. The Bertz CT molecular complexity index is 410. The average molecular weight is 276 g/mol. The lowest BCUT2D eigenvalue weighted by Crippen LogP contribution is -2.27. The van der Waals surface area contributed by atoms with E-state index in [1.165, 1.54) is 4.13 Å². The Balaban J connectivity index is 5.09. The molecule has 5 nitrogen and oxygen atoms in total. The van der Waals surface area contributed by atoms with Gasteiger partial charge in [-0.25, -0.2) is 25.6 Å². The number of alkyl halides is 5. The van der Waals surface area contributed by atoms with Gasteiger partial charge in [0.05, 0.1) is 0 Å². The fourth-order valence-electron chi connectivity index (χ4n) is 0.305. The van der Waals surface area contributed by atoms with Gasteiger partial charge < -0.3 is 4.13 Å². The van der Waals surface area contributed by atoms with E-state index in [0.29, 0.717) is 0 Å². The van der Waals surface area contributed by atoms with E-state index in [1.54, 1.807) is 0 Å². The highest BCUT2D eigenvalue weighted by atomic mass is 32.3. The predicted octanol–water partition coefficient (Wildman–Crippen LogP) is 0.805. The molecular formula is C3H3F5NO4S2-. The number of hydrogen-bond donors (Lipinski definition) is 0. The van der Waals surface area contributed by atoms with Crippen LogP contribution in [0.25, 0.3) is 4.13 Å². The highest BCUT2D eigenvalue weighted by molar-refractivity contribution is 8.12. The molecule has 1 unspecified atom stereocenters. The Morgan fingerprint density at radius 2 is 1.53 bits per heavy atom. The van der Waals surface area contributed by atoms with Crippen LogP contribution in [0.4, 0.5) is 22.0 Å². The Morgan fingerprint density at radius 3 is 1.80 bits per heavy atom. The Hall–Kier alpha value is -0.490. The third kappa shape index (κ3) is 3.53. The van der Waals surface area contributed by atoms with Crippen LogP contribution in [0.3, 0.4) is 0 Å². The van der Waals surface area contributed by atoms with Crippen LogP contribution < -0.4 is 0 Å². The molecule has 0 saturated heterocycles. The zero-order valence-corrected chi connectivity index (χ0v) is 8.20. The molecule has 0 aromatic carbocycles. The quantitative estimate of drug-likeness (QED) is 0.711. The Morgan fingerprint density at radius 1 is 1.13 bits per heavy atom. The van der Waals surface area contributed by atoms with Gasteiger partial charge in [0.2, 0.25) is 5.50 Å². The molecular weight excluding hydrogens is 273 g/mol. The van der Waals surface area contributed by atoms with Crippen molar-refractivity contribution in [2.24, 2.45) is 0 Å². The number of sulfonamides is 2. The van der Waals surface area contributed by atoms with Crippen LogP contribution in [-0.2, 0) is 20.0 Å². The Labute approximate surface area is 81.4 Å². The zero-order chi connectivity index (χ0) is 12.5. The summed E-state index contributed by atoms with van der Waals surface area (Å²) in [6.45, 7) is -2.20. The minimum Gasteiger partial charge on any atom is -0.426 e. The summed E-state index contributed by atoms with van der Waals surface area (Å²) in [5.41, 5.74) is -9.41. The van der Waals surface area contributed by atoms with Gasteiger partial charge in [-0.15, -0.1) is 0 Å². The maximum absolute atomic E-state index is 12.1. The van der Waals surface area contributed by atoms with Crippen LogP contribution in [0.15, 0.2) is 0 Å². The van der Waals surface area contributed by atoms with Crippen molar-refractivity contribution in [1.29, 1.82) is 0 Å². The molecule has 0 aliphatic rings. The molecule has 0 rings (SSSR count). The molecule has 0 fully saturated rings. The monoisotopic (exact) mass is 276 g/mol. The molecule has 0 N–H and O–H groups in total. The van der Waals surface area contributed by atoms with Crippen LogP contribution in [-0.4, -0.2) is 34.5 Å². The van der Waals surface area contributed by atoms with Gasteiger partial charge in [0, 0.05) is 0 Å². The first-order valence-electron chi connectivity index (χ1n) is 2.93. The van der Waals surface area contributed by atoms with E-state index < -0.39 is 37.7 Å². The van der Waals surface area contributed by atoms with Crippen molar-refractivity contribution < 1.29 is 38.8 Å². The van der Waals surface area contributed by atoms with Crippen molar-refractivity contribution in [2.45, 2.75) is 11.0 Å². The van der Waals surface area contributed by atoms with Crippen molar-refractivity contribution >= 4 is 20.0 Å². The maximum atomic E-state index is 12.1. The van der Waals surface area contributed by atoms with E-state index in [1.807, 2.05) is 0 Å². The number of halogens is 5. The molecule has 0 aliphatic heterocycles. The van der Waals surface area contributed by atoms with Crippen molar-refractivity contribution in [1.82, 2.24) is 0 Å². The highest BCUT2D eigenvalue weighted by Gasteiger charge is 2.41. The van der Waals surface area contributed by atoms with Crippen molar-refractivity contribution in [3.8, 4) is 0 Å². The van der Waals surface area contributed by atoms with E-state index >= 15 is 0 Å². The minimum atomic E-state index is -6.38. The van der Waals surface area contributed by atoms with Gasteiger partial charge >= 0.3 is 5.51 Å². The van der Waals surface area contributed by atoms with Crippen molar-refractivity contribution in [3.05, 3.63) is 4.13 Å². The molecule has 0 radical (unpaired) electrons. The first kappa shape index (κ1) is 14.5. The lowest BCUT2D eigenvalue weighted by atomic mass is 10.9. The first-order chi connectivity index (χ1) is 6.44. The third-order valence-corrected chi connectivity index (χ3v) is 3.91. The first-order valence-corrected chi connectivity index (χ1v) is 5.88. The summed E-state index contributed by atoms with van der Waals surface area (Å²) in [5, 5.41) is 0. The second kappa shape index (κ2) is 4.17. The van der Waals surface area contributed by atoms with Crippen LogP contribution in [0, 0.1) is 0 Å². The molecule has 0 aromatic rings. The summed E-state index contributed by atoms with van der Waals surface area (Å²) >= 11 is 0. The topological polar surface area (TPSA) is 82.4 Å². The Kier molecular flexibility index (Phi) is 4.04. The van der Waals surface area contributed by atoms with Gasteiger partial charge in [0.1, 0.15) is 16.7 Å². The highest BCUT2D eigenvalue weighted by Crippen LogP contribution is 2.31. The van der Waals surface area contributed by atoms with E-state index in [2.05, 4.69) is 0 Å². The van der Waals surface area contributed by atoms with Gasteiger partial charge in [-0.2, -0.15) is 13.2 Å². The summed E-state index contributed by atoms with van der Waals surface area (Å²) < 4.78 is 101. The molecule has 0 bridgehead atoms. The molecule has 0 amide bonds. The second-order valence-electron chi connectivity index (χ2n) is 2.07. The molecule has 92 valence electrons. The SMILES string of the molecule is O=S(=O)([N-]S(=O)(=O)C(F)(F)F)C(F)CF. The van der Waals surface area contributed by atoms with E-state index in [4.69, 9.17) is 0 Å². The molecule has 1 atom stereocenters. The van der Waals surface area contributed by atoms with Gasteiger partial charge in [-0.3, -0.25) is 0 Å². The largest absolute Gasteiger partial charge is 0.480 e. The fraction of sp³-hybridized carbons (Fsp3) is 1.00. The maximum Gasteiger partial charge on any atom is 0.480 e. The predicted molar refractivity (Wildman–Crippen MR) is 38.1 cm³/mol. The number of hydrogen-bond acceptors (Lipinski definition) is 4. The van der Waals surface area contributed by atoms with E-state index in [-0.39, 0.29) is 0 Å². The van der Waals surface area contributed by atoms with Crippen molar-refractivity contribution in [3.63, 3.8) is 0 Å². The van der Waals surface area contributed by atoms with E-state index in [9.17, 15) is 38.8 Å². The van der Waals surface area contributed by atoms with Crippen LogP contribution in [0.5, 0.6) is 0 Å². The summed E-state index contributed by atoms with van der Waals surface area (Å²) in [7, 11) is -12.1. The molecule has 0 aliphatic carbocycles. The average Bonchev–Trinajstić information content (AvgIpc) is 1.98. The molecule has 0 spiro atoms. The number of rotatable bonds is 4.